The van der Waals surface area contributed by atoms with Gasteiger partial charge < -0.3 is 15.7 Å². The number of benzene rings is 1. The molecular weight excluding hydrogens is 300 g/mol. The maximum atomic E-state index is 8.62. The summed E-state index contributed by atoms with van der Waals surface area (Å²) in [6, 6.07) is 5.16. The van der Waals surface area contributed by atoms with E-state index in [2.05, 4.69) is 26.2 Å². The van der Waals surface area contributed by atoms with Crippen molar-refractivity contribution in [1.82, 2.24) is 9.78 Å². The van der Waals surface area contributed by atoms with Crippen LogP contribution in [0.2, 0.25) is 0 Å². The Balaban J connectivity index is 2.24. The van der Waals surface area contributed by atoms with E-state index in [1.807, 2.05) is 7.05 Å². The van der Waals surface area contributed by atoms with Gasteiger partial charge in [-0.1, -0.05) is 5.16 Å². The third kappa shape index (κ3) is 2.62. The molecule has 0 saturated carbocycles. The first kappa shape index (κ1) is 12.4. The smallest absolute Gasteiger partial charge is 0.171 e. The fourth-order valence-corrected chi connectivity index (χ4v) is 1.97. The van der Waals surface area contributed by atoms with E-state index >= 15 is 0 Å². The summed E-state index contributed by atoms with van der Waals surface area (Å²) < 4.78 is 7.92. The topological polar surface area (TPSA) is 85.7 Å². The summed E-state index contributed by atoms with van der Waals surface area (Å²) in [6.07, 6.45) is 3.37. The van der Waals surface area contributed by atoms with Crippen LogP contribution in [0.5, 0.6) is 11.5 Å². The lowest BCUT2D eigenvalue weighted by atomic mass is 10.2. The van der Waals surface area contributed by atoms with Gasteiger partial charge in [-0.25, -0.2) is 0 Å². The number of ether oxygens (including phenoxy) is 1. The maximum absolute atomic E-state index is 8.62. The number of nitrogens with zero attached hydrogens (tertiary/aromatic N) is 3. The summed E-state index contributed by atoms with van der Waals surface area (Å²) in [6.45, 7) is 0. The van der Waals surface area contributed by atoms with E-state index in [1.165, 1.54) is 0 Å². The van der Waals surface area contributed by atoms with Crippen molar-refractivity contribution >= 4 is 21.8 Å². The molecule has 0 atom stereocenters. The third-order valence-corrected chi connectivity index (χ3v) is 2.90. The molecule has 0 unspecified atom stereocenters. The van der Waals surface area contributed by atoms with Crippen molar-refractivity contribution in [3.8, 4) is 11.5 Å². The highest BCUT2D eigenvalue weighted by Gasteiger charge is 2.07. The molecular formula is C11H11BrN4O2. The van der Waals surface area contributed by atoms with Gasteiger partial charge in [0.25, 0.3) is 0 Å². The molecule has 18 heavy (non-hydrogen) atoms. The van der Waals surface area contributed by atoms with Crippen LogP contribution in [-0.2, 0) is 7.05 Å². The minimum atomic E-state index is 0.0369. The minimum Gasteiger partial charge on any atom is -0.454 e. The predicted octanol–water partition coefficient (Wildman–Crippen LogP) is 2.07. The van der Waals surface area contributed by atoms with E-state index in [-0.39, 0.29) is 5.84 Å². The molecule has 0 aliphatic carbocycles. The van der Waals surface area contributed by atoms with Crippen LogP contribution in [-0.4, -0.2) is 20.8 Å². The van der Waals surface area contributed by atoms with Crippen molar-refractivity contribution < 1.29 is 9.94 Å². The van der Waals surface area contributed by atoms with Crippen molar-refractivity contribution in [2.24, 2.45) is 17.9 Å². The van der Waals surface area contributed by atoms with Gasteiger partial charge in [-0.05, 0) is 34.1 Å². The van der Waals surface area contributed by atoms with Crippen molar-refractivity contribution in [3.05, 3.63) is 40.6 Å². The fraction of sp³-hybridized carbons (Fsp3) is 0.0909. The van der Waals surface area contributed by atoms with Crippen LogP contribution in [0, 0.1) is 0 Å². The second-order valence-electron chi connectivity index (χ2n) is 3.58. The number of rotatable bonds is 3. The Hall–Kier alpha value is -2.02. The second kappa shape index (κ2) is 5.09. The Kier molecular flexibility index (Phi) is 3.52. The Morgan fingerprint density at radius 2 is 2.28 bits per heavy atom. The van der Waals surface area contributed by atoms with Crippen LogP contribution >= 0.6 is 15.9 Å². The van der Waals surface area contributed by atoms with E-state index in [9.17, 15) is 0 Å². The summed E-state index contributed by atoms with van der Waals surface area (Å²) >= 11 is 3.33. The van der Waals surface area contributed by atoms with E-state index in [0.29, 0.717) is 21.5 Å². The minimum absolute atomic E-state index is 0.0369. The average Bonchev–Trinajstić information content (AvgIpc) is 2.74. The van der Waals surface area contributed by atoms with Crippen LogP contribution in [0.1, 0.15) is 5.56 Å². The maximum Gasteiger partial charge on any atom is 0.171 e. The van der Waals surface area contributed by atoms with E-state index in [1.54, 1.807) is 35.3 Å². The van der Waals surface area contributed by atoms with Gasteiger partial charge in [0.15, 0.2) is 11.6 Å². The Morgan fingerprint density at radius 3 is 2.83 bits per heavy atom. The molecule has 0 amide bonds. The van der Waals surface area contributed by atoms with Crippen molar-refractivity contribution in [2.75, 3.05) is 0 Å². The normalized spacial score (nSPS) is 11.6. The van der Waals surface area contributed by atoms with Gasteiger partial charge in [0.2, 0.25) is 0 Å². The fourth-order valence-electron chi connectivity index (χ4n) is 1.41. The number of halogens is 1. The van der Waals surface area contributed by atoms with E-state index in [0.717, 1.165) is 0 Å². The molecule has 0 spiro atoms. The molecule has 1 heterocycles. The molecule has 0 fully saturated rings. The molecule has 1 aromatic carbocycles. The summed E-state index contributed by atoms with van der Waals surface area (Å²) in [5.41, 5.74) is 6.11. The van der Waals surface area contributed by atoms with Gasteiger partial charge in [-0.15, -0.1) is 0 Å². The lowest BCUT2D eigenvalue weighted by Crippen LogP contribution is -2.13. The van der Waals surface area contributed by atoms with Crippen LogP contribution in [0.25, 0.3) is 0 Å². The van der Waals surface area contributed by atoms with Gasteiger partial charge in [0.1, 0.15) is 5.75 Å². The van der Waals surface area contributed by atoms with Gasteiger partial charge in [-0.2, -0.15) is 5.10 Å². The molecule has 0 saturated heterocycles. The summed E-state index contributed by atoms with van der Waals surface area (Å²) in [7, 11) is 1.81. The first-order chi connectivity index (χ1) is 8.60. The molecule has 2 aromatic rings. The Labute approximate surface area is 112 Å². The van der Waals surface area contributed by atoms with Gasteiger partial charge in [0, 0.05) is 17.1 Å². The Bertz CT molecular complexity index is 594. The first-order valence-electron chi connectivity index (χ1n) is 5.04. The zero-order valence-electron chi connectivity index (χ0n) is 9.54. The molecule has 0 bridgehead atoms. The van der Waals surface area contributed by atoms with Crippen molar-refractivity contribution in [1.29, 1.82) is 0 Å². The molecule has 0 aliphatic rings. The van der Waals surface area contributed by atoms with E-state index < -0.39 is 0 Å². The highest BCUT2D eigenvalue weighted by molar-refractivity contribution is 9.10. The predicted molar refractivity (Wildman–Crippen MR) is 69.9 cm³/mol. The molecule has 0 aliphatic heterocycles. The molecule has 94 valence electrons. The number of oxime groups is 1. The molecule has 2 rings (SSSR count). The van der Waals surface area contributed by atoms with Crippen LogP contribution in [0.15, 0.2) is 40.2 Å². The largest absolute Gasteiger partial charge is 0.454 e. The number of hydrogen-bond acceptors (Lipinski definition) is 4. The first-order valence-corrected chi connectivity index (χ1v) is 5.83. The lowest BCUT2D eigenvalue weighted by Gasteiger charge is -2.06. The standard InChI is InChI=1S/C11H11BrN4O2/c1-16-6-8(5-14-16)18-7-2-3-9(10(12)4-7)11(13)15-17/h2-6,17H,1H3,(H2,13,15). The summed E-state index contributed by atoms with van der Waals surface area (Å²) in [5.74, 6) is 1.31. The quantitative estimate of drug-likeness (QED) is 0.393. The van der Waals surface area contributed by atoms with Crippen LogP contribution < -0.4 is 10.5 Å². The summed E-state index contributed by atoms with van der Waals surface area (Å²) in [4.78, 5) is 0. The number of aromatic nitrogens is 2. The number of aryl methyl sites for hydroxylation is 1. The highest BCUT2D eigenvalue weighted by Crippen LogP contribution is 2.26. The monoisotopic (exact) mass is 310 g/mol. The van der Waals surface area contributed by atoms with Crippen molar-refractivity contribution in [3.63, 3.8) is 0 Å². The van der Waals surface area contributed by atoms with Crippen LogP contribution in [0.4, 0.5) is 0 Å². The zero-order valence-corrected chi connectivity index (χ0v) is 11.1. The molecule has 3 N–H and O–H groups in total. The summed E-state index contributed by atoms with van der Waals surface area (Å²) in [5, 5.41) is 15.6. The average molecular weight is 311 g/mol. The Morgan fingerprint density at radius 1 is 1.50 bits per heavy atom. The van der Waals surface area contributed by atoms with Gasteiger partial charge in [-0.3, -0.25) is 4.68 Å². The highest BCUT2D eigenvalue weighted by atomic mass is 79.9. The number of hydrogen-bond donors (Lipinski definition) is 2. The molecule has 0 radical (unpaired) electrons. The van der Waals surface area contributed by atoms with Crippen molar-refractivity contribution in [2.45, 2.75) is 0 Å². The molecule has 6 nitrogen and oxygen atoms in total. The lowest BCUT2D eigenvalue weighted by molar-refractivity contribution is 0.318. The molecule has 1 aromatic heterocycles. The SMILES string of the molecule is Cn1cc(Oc2ccc(/C(N)=N/O)c(Br)c2)cn1. The van der Waals surface area contributed by atoms with Gasteiger partial charge >= 0.3 is 0 Å². The molecule has 7 heteroatoms. The van der Waals surface area contributed by atoms with Crippen LogP contribution in [0.3, 0.4) is 0 Å². The van der Waals surface area contributed by atoms with Gasteiger partial charge in [0.05, 0.1) is 12.4 Å². The number of nitrogens with two attached hydrogens (primary N) is 1. The third-order valence-electron chi connectivity index (χ3n) is 2.24. The van der Waals surface area contributed by atoms with E-state index in [4.69, 9.17) is 15.7 Å². The second-order valence-corrected chi connectivity index (χ2v) is 4.43. The number of amidine groups is 1. The zero-order chi connectivity index (χ0) is 13.1.